The smallest absolute Gasteiger partial charge is 0.0267 e. The van der Waals surface area contributed by atoms with Crippen molar-refractivity contribution in [3.63, 3.8) is 0 Å². The van der Waals surface area contributed by atoms with Crippen molar-refractivity contribution in [2.45, 2.75) is 21.3 Å². The van der Waals surface area contributed by atoms with Crippen LogP contribution >= 0.6 is 0 Å². The molecule has 0 N–H and O–H groups in total. The van der Waals surface area contributed by atoms with Gasteiger partial charge in [0.2, 0.25) is 0 Å². The molecule has 0 aromatic carbocycles. The van der Waals surface area contributed by atoms with E-state index in [4.69, 9.17) is 0 Å². The van der Waals surface area contributed by atoms with Crippen LogP contribution in [0.2, 0.25) is 0 Å². The second kappa shape index (κ2) is 15.9. The maximum atomic E-state index is 3.78. The Hall–Kier alpha value is -0.162. The van der Waals surface area contributed by atoms with Crippen LogP contribution in [0.4, 0.5) is 0 Å². The van der Waals surface area contributed by atoms with Gasteiger partial charge in [-0.1, -0.05) is 27.3 Å². The third-order valence-corrected chi connectivity index (χ3v) is 0.566. The summed E-state index contributed by atoms with van der Waals surface area (Å²) in [5.41, 5.74) is 0. The molecule has 0 aliphatic rings. The Labute approximate surface area is 78.1 Å². The molecule has 0 bridgehead atoms. The molecule has 0 saturated carbocycles. The van der Waals surface area contributed by atoms with Crippen LogP contribution in [0.15, 0.2) is 30.6 Å². The van der Waals surface area contributed by atoms with Crippen LogP contribution in [0.5, 0.6) is 0 Å². The molecule has 1 aromatic rings. The molecule has 0 radical (unpaired) electrons. The van der Waals surface area contributed by atoms with Gasteiger partial charge in [0.15, 0.2) is 0 Å². The summed E-state index contributed by atoms with van der Waals surface area (Å²) in [7, 11) is 0. The first kappa shape index (κ1) is 16.4. The summed E-state index contributed by atoms with van der Waals surface area (Å²) in [5, 5.41) is 0. The van der Waals surface area contributed by atoms with Crippen molar-refractivity contribution in [2.75, 3.05) is 0 Å². The van der Waals surface area contributed by atoms with Crippen molar-refractivity contribution in [1.82, 2.24) is 4.98 Å². The Morgan fingerprint density at radius 3 is 1.40 bits per heavy atom. The molecule has 0 aliphatic carbocycles. The zero-order valence-electron chi connectivity index (χ0n) is 5.74. The van der Waals surface area contributed by atoms with E-state index in [-0.39, 0.29) is 28.5 Å². The first-order chi connectivity index (χ1) is 4.00. The van der Waals surface area contributed by atoms with Crippen LogP contribution < -0.4 is 0 Å². The summed E-state index contributed by atoms with van der Waals surface area (Å²) in [6.45, 7) is 4.00. The summed E-state index contributed by atoms with van der Waals surface area (Å²) in [6.07, 6.45) is 3.50. The molecule has 0 saturated heterocycles. The van der Waals surface area contributed by atoms with E-state index in [2.05, 4.69) is 4.98 Å². The first-order valence-electron chi connectivity index (χ1n) is 2.85. The molecule has 1 nitrogen and oxygen atoms in total. The molecule has 0 spiro atoms. The molecule has 2 heteroatoms. The number of hydrogen-bond donors (Lipinski definition) is 0. The fraction of sp³-hybridized carbons (Fsp3) is 0.375. The second-order valence-electron chi connectivity index (χ2n) is 1.02. The van der Waals surface area contributed by atoms with E-state index in [9.17, 15) is 0 Å². The monoisotopic (exact) mass is 309 g/mol. The molecule has 0 fully saturated rings. The van der Waals surface area contributed by atoms with Gasteiger partial charge in [-0.25, -0.2) is 0 Å². The predicted molar refractivity (Wildman–Crippen MR) is 42.3 cm³/mol. The standard InChI is InChI=1S/C5H5N.C2H6.CH4.W/c1-2-4-6-5-3-1;1-2;;/h1-5H;1-2H3;1H4;. The van der Waals surface area contributed by atoms with Gasteiger partial charge in [0.1, 0.15) is 0 Å². The van der Waals surface area contributed by atoms with Crippen molar-refractivity contribution >= 4 is 0 Å². The van der Waals surface area contributed by atoms with E-state index in [0.29, 0.717) is 0 Å². The van der Waals surface area contributed by atoms with Crippen LogP contribution in [0.1, 0.15) is 21.3 Å². The normalized spacial score (nSPS) is 5.40. The van der Waals surface area contributed by atoms with Gasteiger partial charge in [-0.2, -0.15) is 0 Å². The van der Waals surface area contributed by atoms with Crippen molar-refractivity contribution in [3.05, 3.63) is 30.6 Å². The van der Waals surface area contributed by atoms with Crippen molar-refractivity contribution in [3.8, 4) is 0 Å². The van der Waals surface area contributed by atoms with Crippen molar-refractivity contribution < 1.29 is 21.1 Å². The number of rotatable bonds is 0. The Morgan fingerprint density at radius 1 is 0.900 bits per heavy atom. The first-order valence-corrected chi connectivity index (χ1v) is 2.85. The van der Waals surface area contributed by atoms with E-state index in [1.807, 2.05) is 32.0 Å². The van der Waals surface area contributed by atoms with Crippen LogP contribution in [0.3, 0.4) is 0 Å². The van der Waals surface area contributed by atoms with Crippen LogP contribution in [0, 0.1) is 0 Å². The van der Waals surface area contributed by atoms with Crippen LogP contribution in [-0.2, 0) is 21.1 Å². The van der Waals surface area contributed by atoms with E-state index >= 15 is 0 Å². The molecular formula is C8H15NW. The minimum absolute atomic E-state index is 0. The largest absolute Gasteiger partial charge is 0.265 e. The van der Waals surface area contributed by atoms with Gasteiger partial charge in [-0.15, -0.1) is 0 Å². The van der Waals surface area contributed by atoms with Crippen molar-refractivity contribution in [1.29, 1.82) is 0 Å². The Bertz CT molecular complexity index is 81.2. The molecule has 1 rings (SSSR count). The zero-order valence-corrected chi connectivity index (χ0v) is 8.68. The predicted octanol–water partition coefficient (Wildman–Crippen LogP) is 2.74. The summed E-state index contributed by atoms with van der Waals surface area (Å²) >= 11 is 0. The average molecular weight is 309 g/mol. The summed E-state index contributed by atoms with van der Waals surface area (Å²) in [5.74, 6) is 0. The minimum Gasteiger partial charge on any atom is -0.265 e. The Balaban J connectivity index is -0.000000114. The van der Waals surface area contributed by atoms with Gasteiger partial charge in [0.05, 0.1) is 0 Å². The molecule has 58 valence electrons. The number of nitrogens with zero attached hydrogens (tertiary/aromatic N) is 1. The minimum atomic E-state index is 0. The number of aromatic nitrogens is 1. The molecule has 1 heterocycles. The van der Waals surface area contributed by atoms with E-state index in [0.717, 1.165) is 0 Å². The SMILES string of the molecule is C.CC.[W].c1ccncc1. The Kier molecular flexibility index (Phi) is 26.2. The topological polar surface area (TPSA) is 12.9 Å². The maximum Gasteiger partial charge on any atom is 0.0267 e. The fourth-order valence-corrected chi connectivity index (χ4v) is 0.313. The van der Waals surface area contributed by atoms with Gasteiger partial charge >= 0.3 is 0 Å². The molecular weight excluding hydrogens is 294 g/mol. The van der Waals surface area contributed by atoms with Crippen LogP contribution in [-0.4, -0.2) is 4.98 Å². The summed E-state index contributed by atoms with van der Waals surface area (Å²) in [4.78, 5) is 3.78. The molecule has 10 heavy (non-hydrogen) atoms. The second-order valence-corrected chi connectivity index (χ2v) is 1.02. The Morgan fingerprint density at radius 2 is 1.30 bits per heavy atom. The molecule has 1 aromatic heterocycles. The number of pyridine rings is 1. The van der Waals surface area contributed by atoms with Crippen molar-refractivity contribution in [2.24, 2.45) is 0 Å². The number of hydrogen-bond acceptors (Lipinski definition) is 1. The van der Waals surface area contributed by atoms with Gasteiger partial charge < -0.3 is 0 Å². The van der Waals surface area contributed by atoms with Crippen LogP contribution in [0.25, 0.3) is 0 Å². The quantitative estimate of drug-likeness (QED) is 0.718. The third-order valence-electron chi connectivity index (χ3n) is 0.566. The van der Waals surface area contributed by atoms with Gasteiger partial charge in [0.25, 0.3) is 0 Å². The summed E-state index contributed by atoms with van der Waals surface area (Å²) < 4.78 is 0. The van der Waals surface area contributed by atoms with E-state index in [1.54, 1.807) is 12.4 Å². The molecule has 0 atom stereocenters. The molecule has 0 amide bonds. The molecule has 0 aliphatic heterocycles. The van der Waals surface area contributed by atoms with Gasteiger partial charge in [0, 0.05) is 33.5 Å². The maximum absolute atomic E-state index is 3.78. The van der Waals surface area contributed by atoms with E-state index in [1.165, 1.54) is 0 Å². The third kappa shape index (κ3) is 10.8. The van der Waals surface area contributed by atoms with Gasteiger partial charge in [-0.05, 0) is 12.1 Å². The average Bonchev–Trinajstić information content (AvgIpc) is 1.96. The molecule has 0 unspecified atom stereocenters. The zero-order chi connectivity index (χ0) is 6.24. The summed E-state index contributed by atoms with van der Waals surface area (Å²) in [6, 6.07) is 5.72. The van der Waals surface area contributed by atoms with Gasteiger partial charge in [-0.3, -0.25) is 4.98 Å². The fourth-order valence-electron chi connectivity index (χ4n) is 0.313. The van der Waals surface area contributed by atoms with E-state index < -0.39 is 0 Å².